The number of para-hydroxylation sites is 2. The Morgan fingerprint density at radius 1 is 1.07 bits per heavy atom. The molecule has 0 saturated heterocycles. The van der Waals surface area contributed by atoms with Crippen molar-refractivity contribution in [2.24, 2.45) is 0 Å². The molecular weight excluding hydrogens is 362 g/mol. The highest BCUT2D eigenvalue weighted by Crippen LogP contribution is 2.36. The van der Waals surface area contributed by atoms with Crippen LogP contribution in [0.1, 0.15) is 12.7 Å². The molecule has 4 aromatic rings. The number of carbonyl (C=O) groups is 1. The molecule has 1 unspecified atom stereocenters. The molecule has 4 rings (SSSR count). The van der Waals surface area contributed by atoms with Crippen molar-refractivity contribution >= 4 is 48.8 Å². The Kier molecular flexibility index (Phi) is 3.92. The first kappa shape index (κ1) is 17.5. The molecule has 27 heavy (non-hydrogen) atoms. The van der Waals surface area contributed by atoms with Gasteiger partial charge in [-0.1, -0.05) is 36.4 Å². The van der Waals surface area contributed by atoms with E-state index in [9.17, 15) is 13.2 Å². The van der Waals surface area contributed by atoms with Gasteiger partial charge >= 0.3 is 0 Å². The van der Waals surface area contributed by atoms with E-state index in [1.165, 1.54) is 6.92 Å². The molecule has 0 aliphatic carbocycles. The number of hydrogen-bond acceptors (Lipinski definition) is 4. The highest BCUT2D eigenvalue weighted by molar-refractivity contribution is 7.92. The van der Waals surface area contributed by atoms with Gasteiger partial charge in [0.25, 0.3) is 0 Å². The van der Waals surface area contributed by atoms with Gasteiger partial charge in [0.15, 0.2) is 9.84 Å². The van der Waals surface area contributed by atoms with Crippen molar-refractivity contribution in [3.63, 3.8) is 0 Å². The van der Waals surface area contributed by atoms with Crippen LogP contribution in [-0.2, 0) is 14.6 Å². The lowest BCUT2D eigenvalue weighted by atomic mass is 10.1. The first-order chi connectivity index (χ1) is 12.8. The van der Waals surface area contributed by atoms with Gasteiger partial charge in [-0.2, -0.15) is 0 Å². The lowest BCUT2D eigenvalue weighted by Gasteiger charge is -2.12. The molecular formula is C20H19N3O3S. The van der Waals surface area contributed by atoms with Crippen LogP contribution >= 0.6 is 0 Å². The van der Waals surface area contributed by atoms with Crippen LogP contribution in [0, 0.1) is 6.92 Å². The van der Waals surface area contributed by atoms with Gasteiger partial charge in [-0.25, -0.2) is 13.4 Å². The number of rotatable bonds is 3. The zero-order valence-corrected chi connectivity index (χ0v) is 16.0. The van der Waals surface area contributed by atoms with Gasteiger partial charge in [0.05, 0.1) is 22.2 Å². The van der Waals surface area contributed by atoms with Gasteiger partial charge in [0, 0.05) is 17.0 Å². The highest BCUT2D eigenvalue weighted by Gasteiger charge is 2.26. The predicted octanol–water partition coefficient (Wildman–Crippen LogP) is 3.32. The number of nitrogens with zero attached hydrogens (tertiary/aromatic N) is 2. The normalized spacial score (nSPS) is 13.3. The Morgan fingerprint density at radius 2 is 1.70 bits per heavy atom. The van der Waals surface area contributed by atoms with Gasteiger partial charge in [-0.15, -0.1) is 0 Å². The van der Waals surface area contributed by atoms with Crippen molar-refractivity contribution in [1.82, 2.24) is 9.38 Å². The van der Waals surface area contributed by atoms with Crippen LogP contribution < -0.4 is 5.32 Å². The fourth-order valence-corrected chi connectivity index (χ4v) is 3.82. The third-order valence-electron chi connectivity index (χ3n) is 4.90. The average molecular weight is 381 g/mol. The van der Waals surface area contributed by atoms with Crippen molar-refractivity contribution < 1.29 is 13.2 Å². The fourth-order valence-electron chi connectivity index (χ4n) is 3.37. The Labute approximate surface area is 156 Å². The van der Waals surface area contributed by atoms with Gasteiger partial charge in [-0.3, -0.25) is 9.20 Å². The molecule has 0 aliphatic heterocycles. The van der Waals surface area contributed by atoms with Crippen molar-refractivity contribution in [2.75, 3.05) is 11.6 Å². The lowest BCUT2D eigenvalue weighted by molar-refractivity contribution is -0.115. The van der Waals surface area contributed by atoms with Gasteiger partial charge in [-0.05, 0) is 26.0 Å². The molecule has 1 amide bonds. The van der Waals surface area contributed by atoms with E-state index in [0.29, 0.717) is 5.69 Å². The molecule has 7 heteroatoms. The van der Waals surface area contributed by atoms with E-state index in [1.54, 1.807) is 0 Å². The van der Waals surface area contributed by atoms with Crippen molar-refractivity contribution in [3.8, 4) is 0 Å². The minimum atomic E-state index is -3.49. The van der Waals surface area contributed by atoms with Crippen molar-refractivity contribution in [3.05, 3.63) is 54.4 Å². The number of sulfone groups is 1. The number of nitrogens with one attached hydrogen (secondary N) is 1. The summed E-state index contributed by atoms with van der Waals surface area (Å²) in [4.78, 5) is 17.3. The maximum atomic E-state index is 12.7. The molecule has 1 atom stereocenters. The van der Waals surface area contributed by atoms with Crippen LogP contribution in [0.4, 0.5) is 5.69 Å². The average Bonchev–Trinajstić information content (AvgIpc) is 2.96. The molecule has 2 aromatic heterocycles. The molecule has 6 nitrogen and oxygen atoms in total. The molecule has 2 aromatic carbocycles. The fraction of sp³-hybridized carbons (Fsp3) is 0.200. The summed E-state index contributed by atoms with van der Waals surface area (Å²) < 4.78 is 25.6. The number of fused-ring (bicyclic) bond motifs is 5. The third-order valence-corrected chi connectivity index (χ3v) is 6.40. The lowest BCUT2D eigenvalue weighted by Crippen LogP contribution is -2.31. The maximum Gasteiger partial charge on any atom is 0.242 e. The summed E-state index contributed by atoms with van der Waals surface area (Å²) in [6.45, 7) is 3.31. The minimum Gasteiger partial charge on any atom is -0.323 e. The summed E-state index contributed by atoms with van der Waals surface area (Å²) in [5.74, 6) is 0.242. The van der Waals surface area contributed by atoms with Gasteiger partial charge in [0.2, 0.25) is 5.91 Å². The summed E-state index contributed by atoms with van der Waals surface area (Å²) in [6, 6.07) is 15.4. The maximum absolute atomic E-state index is 12.7. The molecule has 0 bridgehead atoms. The third kappa shape index (κ3) is 2.75. The standard InChI is InChI=1S/C20H19N3O3S/c1-12(27(3,25)26)20(24)22-18-15-9-5-7-11-17(15)23-13(2)21-16-10-6-4-8-14(16)19(18)23/h4-12H,1-3H3,(H,22,24). The summed E-state index contributed by atoms with van der Waals surface area (Å²) >= 11 is 0. The quantitative estimate of drug-likeness (QED) is 0.590. The number of aryl methyl sites for hydroxylation is 1. The second-order valence-corrected chi connectivity index (χ2v) is 9.08. The van der Waals surface area contributed by atoms with E-state index in [0.717, 1.165) is 39.4 Å². The smallest absolute Gasteiger partial charge is 0.242 e. The molecule has 0 spiro atoms. The van der Waals surface area contributed by atoms with E-state index in [2.05, 4.69) is 10.3 Å². The molecule has 0 saturated carbocycles. The molecule has 0 fully saturated rings. The predicted molar refractivity (Wildman–Crippen MR) is 108 cm³/mol. The number of amides is 1. The summed E-state index contributed by atoms with van der Waals surface area (Å²) in [6.07, 6.45) is 1.07. The Balaban J connectivity index is 2.07. The van der Waals surface area contributed by atoms with E-state index >= 15 is 0 Å². The number of carbonyl (C=O) groups excluding carboxylic acids is 1. The van der Waals surface area contributed by atoms with Crippen molar-refractivity contribution in [2.45, 2.75) is 19.1 Å². The van der Waals surface area contributed by atoms with Gasteiger partial charge in [0.1, 0.15) is 11.1 Å². The highest BCUT2D eigenvalue weighted by atomic mass is 32.2. The Morgan fingerprint density at radius 3 is 2.41 bits per heavy atom. The Bertz CT molecular complexity index is 1320. The first-order valence-electron chi connectivity index (χ1n) is 8.57. The number of aromatic nitrogens is 2. The zero-order chi connectivity index (χ0) is 19.3. The van der Waals surface area contributed by atoms with E-state index in [-0.39, 0.29) is 0 Å². The second-order valence-electron chi connectivity index (χ2n) is 6.71. The van der Waals surface area contributed by atoms with Gasteiger partial charge < -0.3 is 5.32 Å². The molecule has 138 valence electrons. The van der Waals surface area contributed by atoms with Crippen LogP contribution in [-0.4, -0.2) is 35.2 Å². The summed E-state index contributed by atoms with van der Waals surface area (Å²) in [5, 5.41) is 3.46. The largest absolute Gasteiger partial charge is 0.323 e. The first-order valence-corrected chi connectivity index (χ1v) is 10.5. The van der Waals surface area contributed by atoms with Crippen molar-refractivity contribution in [1.29, 1.82) is 0 Å². The second kappa shape index (κ2) is 6.06. The van der Waals surface area contributed by atoms with Crippen LogP contribution in [0.5, 0.6) is 0 Å². The van der Waals surface area contributed by atoms with Crippen LogP contribution in [0.15, 0.2) is 48.5 Å². The van der Waals surface area contributed by atoms with E-state index in [4.69, 9.17) is 0 Å². The number of hydrogen-bond donors (Lipinski definition) is 1. The van der Waals surface area contributed by atoms with Crippen LogP contribution in [0.3, 0.4) is 0 Å². The molecule has 2 heterocycles. The Hall–Kier alpha value is -2.93. The minimum absolute atomic E-state index is 0.547. The number of benzene rings is 2. The SMILES string of the molecule is Cc1nc2ccccc2c2c(NC(=O)C(C)S(C)(=O)=O)c3ccccc3n12. The summed E-state index contributed by atoms with van der Waals surface area (Å²) in [7, 11) is -3.49. The molecule has 0 aliphatic rings. The van der Waals surface area contributed by atoms with Crippen LogP contribution in [0.25, 0.3) is 27.3 Å². The molecule has 1 N–H and O–H groups in total. The summed E-state index contributed by atoms with van der Waals surface area (Å²) in [5.41, 5.74) is 3.14. The van der Waals surface area contributed by atoms with E-state index in [1.807, 2.05) is 59.9 Å². The monoisotopic (exact) mass is 381 g/mol. The number of anilines is 1. The van der Waals surface area contributed by atoms with E-state index < -0.39 is 21.0 Å². The topological polar surface area (TPSA) is 80.5 Å². The molecule has 0 radical (unpaired) electrons. The van der Waals surface area contributed by atoms with Crippen LogP contribution in [0.2, 0.25) is 0 Å². The zero-order valence-electron chi connectivity index (χ0n) is 15.2.